The van der Waals surface area contributed by atoms with Gasteiger partial charge < -0.3 is 19.3 Å². The monoisotopic (exact) mass is 775 g/mol. The summed E-state index contributed by atoms with van der Waals surface area (Å²) in [7, 11) is -4.75. The van der Waals surface area contributed by atoms with E-state index in [4.69, 9.17) is 19.3 Å². The molecule has 0 amide bonds. The van der Waals surface area contributed by atoms with Gasteiger partial charge in [0.1, 0.15) is 6.61 Å². The van der Waals surface area contributed by atoms with Crippen molar-refractivity contribution in [3.05, 3.63) is 0 Å². The van der Waals surface area contributed by atoms with Crippen molar-refractivity contribution in [3.8, 4) is 0 Å². The molecule has 0 aliphatic rings. The second-order valence-electron chi connectivity index (χ2n) is 15.7. The lowest BCUT2D eigenvalue weighted by Crippen LogP contribution is -2.29. The van der Waals surface area contributed by atoms with Crippen molar-refractivity contribution >= 4 is 19.8 Å². The van der Waals surface area contributed by atoms with Gasteiger partial charge >= 0.3 is 19.8 Å². The minimum atomic E-state index is -4.75. The Morgan fingerprint density at radius 1 is 0.415 bits per heavy atom. The minimum Gasteiger partial charge on any atom is -0.462 e. The van der Waals surface area contributed by atoms with Gasteiger partial charge in [0, 0.05) is 12.8 Å². The van der Waals surface area contributed by atoms with E-state index in [0.717, 1.165) is 32.1 Å². The normalized spacial score (nSPS) is 12.3. The van der Waals surface area contributed by atoms with E-state index in [2.05, 4.69) is 18.4 Å². The van der Waals surface area contributed by atoms with Gasteiger partial charge in [0.15, 0.2) is 6.10 Å². The molecule has 0 aliphatic heterocycles. The van der Waals surface area contributed by atoms with E-state index in [0.29, 0.717) is 6.42 Å². The number of carbonyl (C=O) groups is 2. The topological polar surface area (TPSA) is 119 Å². The van der Waals surface area contributed by atoms with Gasteiger partial charge in [-0.15, -0.1) is 0 Å². The van der Waals surface area contributed by atoms with Gasteiger partial charge in [-0.2, -0.15) is 0 Å². The lowest BCUT2D eigenvalue weighted by Gasteiger charge is -2.18. The quantitative estimate of drug-likeness (QED) is 0.0357. The highest BCUT2D eigenvalue weighted by molar-refractivity contribution is 7.46. The first-order valence-corrected chi connectivity index (χ1v) is 24.4. The summed E-state index contributed by atoms with van der Waals surface area (Å²) in [5.41, 5.74) is 0. The fourth-order valence-electron chi connectivity index (χ4n) is 6.96. The first-order chi connectivity index (χ1) is 25.8. The second kappa shape index (κ2) is 40.7. The van der Waals surface area contributed by atoms with Gasteiger partial charge in [0.05, 0.1) is 6.61 Å². The lowest BCUT2D eigenvalue weighted by molar-refractivity contribution is -0.161. The molecule has 0 bridgehead atoms. The molecular weight excluding hydrogens is 687 g/mol. The van der Waals surface area contributed by atoms with Crippen LogP contribution in [0.15, 0.2) is 0 Å². The van der Waals surface area contributed by atoms with Crippen LogP contribution in [-0.2, 0) is 28.2 Å². The van der Waals surface area contributed by atoms with Gasteiger partial charge in [-0.1, -0.05) is 226 Å². The number of esters is 2. The average molecular weight is 775 g/mol. The Kier molecular flexibility index (Phi) is 40.0. The number of carbonyl (C=O) groups excluding carboxylic acids is 2. The summed E-state index contributed by atoms with van der Waals surface area (Å²) in [6.45, 7) is 3.72. The third-order valence-corrected chi connectivity index (χ3v) is 10.9. The highest BCUT2D eigenvalue weighted by atomic mass is 31.2. The van der Waals surface area contributed by atoms with Crippen molar-refractivity contribution in [2.45, 2.75) is 258 Å². The number of hydrogen-bond donors (Lipinski definition) is 2. The third kappa shape index (κ3) is 43.6. The smallest absolute Gasteiger partial charge is 0.462 e. The van der Waals surface area contributed by atoms with Crippen LogP contribution in [0.3, 0.4) is 0 Å². The number of hydrogen-bond acceptors (Lipinski definition) is 6. The molecule has 0 spiro atoms. The number of unbranched alkanes of at least 4 members (excludes halogenated alkanes) is 33. The zero-order chi connectivity index (χ0) is 38.9. The predicted molar refractivity (Wildman–Crippen MR) is 221 cm³/mol. The molecule has 0 unspecified atom stereocenters. The van der Waals surface area contributed by atoms with Crippen molar-refractivity contribution in [1.29, 1.82) is 0 Å². The van der Waals surface area contributed by atoms with E-state index < -0.39 is 32.5 Å². The van der Waals surface area contributed by atoms with Crippen LogP contribution in [0.25, 0.3) is 0 Å². The zero-order valence-electron chi connectivity index (χ0n) is 34.9. The lowest BCUT2D eigenvalue weighted by atomic mass is 10.0. The van der Waals surface area contributed by atoms with Crippen LogP contribution in [0.5, 0.6) is 0 Å². The molecule has 1 atom stereocenters. The molecule has 0 rings (SSSR count). The fourth-order valence-corrected chi connectivity index (χ4v) is 7.32. The third-order valence-electron chi connectivity index (χ3n) is 10.4. The fraction of sp³-hybridized carbons (Fsp3) is 0.955. The van der Waals surface area contributed by atoms with E-state index in [1.54, 1.807) is 0 Å². The van der Waals surface area contributed by atoms with Crippen molar-refractivity contribution in [1.82, 2.24) is 0 Å². The number of phosphoric acid groups is 1. The van der Waals surface area contributed by atoms with Crippen molar-refractivity contribution < 1.29 is 37.9 Å². The van der Waals surface area contributed by atoms with Crippen molar-refractivity contribution in [2.75, 3.05) is 13.2 Å². The standard InChI is InChI=1S/C44H87O8P/c1-3-5-7-9-11-13-15-17-18-19-20-21-22-23-24-25-27-29-31-33-35-37-39-44(46)52-42(41-51-53(47,48)49)40-50-43(45)38-36-34-32-30-28-26-16-14-12-10-8-6-4-2/h42H,3-41H2,1-2H3,(H2,47,48,49)/t42-/m1/s1. The SMILES string of the molecule is CCCCCCCCCCCCCCCCCCCCCCCCC(=O)O[C@H](COC(=O)CCCCCCCCCCCCCCC)COP(=O)(O)O. The van der Waals surface area contributed by atoms with Gasteiger partial charge in [0.25, 0.3) is 0 Å². The van der Waals surface area contributed by atoms with Gasteiger partial charge in [-0.05, 0) is 12.8 Å². The maximum atomic E-state index is 12.4. The van der Waals surface area contributed by atoms with Crippen LogP contribution in [0.4, 0.5) is 0 Å². The highest BCUT2D eigenvalue weighted by Crippen LogP contribution is 2.36. The Balaban J connectivity index is 3.78. The summed E-state index contributed by atoms with van der Waals surface area (Å²) in [6, 6.07) is 0. The molecule has 2 N–H and O–H groups in total. The van der Waals surface area contributed by atoms with Crippen LogP contribution in [0.1, 0.15) is 251 Å². The predicted octanol–water partition coefficient (Wildman–Crippen LogP) is 14.0. The molecule has 0 aliphatic carbocycles. The largest absolute Gasteiger partial charge is 0.469 e. The summed E-state index contributed by atoms with van der Waals surface area (Å²) < 4.78 is 26.4. The van der Waals surface area contributed by atoms with Crippen LogP contribution in [0, 0.1) is 0 Å². The first-order valence-electron chi connectivity index (χ1n) is 22.8. The highest BCUT2D eigenvalue weighted by Gasteiger charge is 2.23. The van der Waals surface area contributed by atoms with Crippen molar-refractivity contribution in [3.63, 3.8) is 0 Å². The maximum absolute atomic E-state index is 12.4. The molecule has 0 aromatic heterocycles. The van der Waals surface area contributed by atoms with E-state index >= 15 is 0 Å². The van der Waals surface area contributed by atoms with Crippen LogP contribution >= 0.6 is 7.82 Å². The van der Waals surface area contributed by atoms with Crippen molar-refractivity contribution in [2.24, 2.45) is 0 Å². The summed E-state index contributed by atoms with van der Waals surface area (Å²) >= 11 is 0. The molecule has 0 radical (unpaired) electrons. The Morgan fingerprint density at radius 2 is 0.679 bits per heavy atom. The Bertz CT molecular complexity index is 832. The number of phosphoric ester groups is 1. The molecule has 0 aromatic carbocycles. The average Bonchev–Trinajstić information content (AvgIpc) is 3.13. The van der Waals surface area contributed by atoms with Crippen LogP contribution in [-0.4, -0.2) is 41.0 Å². The molecule has 0 fully saturated rings. The molecule has 0 saturated carbocycles. The summed E-state index contributed by atoms with van der Waals surface area (Å²) in [4.78, 5) is 42.9. The van der Waals surface area contributed by atoms with E-state index in [1.165, 1.54) is 186 Å². The second-order valence-corrected chi connectivity index (χ2v) is 17.0. The van der Waals surface area contributed by atoms with E-state index in [-0.39, 0.29) is 19.4 Å². The van der Waals surface area contributed by atoms with E-state index in [9.17, 15) is 14.2 Å². The van der Waals surface area contributed by atoms with Crippen LogP contribution < -0.4 is 0 Å². The number of ether oxygens (including phenoxy) is 2. The summed E-state index contributed by atoms with van der Waals surface area (Å²) in [5, 5.41) is 0. The zero-order valence-corrected chi connectivity index (χ0v) is 35.8. The molecule has 0 heterocycles. The molecule has 53 heavy (non-hydrogen) atoms. The minimum absolute atomic E-state index is 0.221. The molecule has 8 nitrogen and oxygen atoms in total. The van der Waals surface area contributed by atoms with Gasteiger partial charge in [0.2, 0.25) is 0 Å². The van der Waals surface area contributed by atoms with Gasteiger partial charge in [-0.3, -0.25) is 14.1 Å². The maximum Gasteiger partial charge on any atom is 0.469 e. The van der Waals surface area contributed by atoms with Crippen LogP contribution in [0.2, 0.25) is 0 Å². The molecule has 0 aromatic rings. The Labute approximate surface area is 327 Å². The Morgan fingerprint density at radius 3 is 0.962 bits per heavy atom. The molecule has 0 saturated heterocycles. The molecule has 316 valence electrons. The van der Waals surface area contributed by atoms with Gasteiger partial charge in [-0.25, -0.2) is 4.57 Å². The Hall–Kier alpha value is -0.950. The summed E-state index contributed by atoms with van der Waals surface area (Å²) in [5.74, 6) is -0.866. The van der Waals surface area contributed by atoms with E-state index in [1.807, 2.05) is 0 Å². The summed E-state index contributed by atoms with van der Waals surface area (Å²) in [6.07, 6.45) is 44.0. The first kappa shape index (κ1) is 52.0. The number of rotatable bonds is 43. The molecular formula is C44H87O8P. The molecule has 9 heteroatoms.